The summed E-state index contributed by atoms with van der Waals surface area (Å²) in [6, 6.07) is 10.4. The highest BCUT2D eigenvalue weighted by Crippen LogP contribution is 2.55. The number of carbonyl (C=O) groups excluding carboxylic acids is 6. The average Bonchev–Trinajstić information content (AvgIpc) is 3.03. The van der Waals surface area contributed by atoms with Gasteiger partial charge in [-0.05, 0) is 56.6 Å². The second-order valence-electron chi connectivity index (χ2n) is 13.5. The molecule has 2 aromatic carbocycles. The van der Waals surface area contributed by atoms with Gasteiger partial charge in [-0.25, -0.2) is 0 Å². The molecule has 4 aliphatic rings. The molecule has 246 valence electrons. The largest absolute Gasteiger partial charge is 0.507 e. The smallest absolute Gasteiger partial charge is 0.309 e. The molecule has 3 fully saturated rings. The number of Topliss-reactive ketones (excluding diaryl/α,β-unsaturated/α-hetero) is 4. The Morgan fingerprint density at radius 2 is 1.64 bits per heavy atom. The standard InChI is InChI=1S/C36H38N2O9/c1-17-12-14-18(15-13-17)16-21-20-10-7-11-22(39)23(20)29(40)25-24(21)31(47-35(45)19-8-5-4-6-9-19)27-28(38(2)3)30(41)26(34(37)44)33(43)36(27,46)32(25)42/h7,10-16,19,24-28,31,39,46H,4-6,8-9H2,1-3H3,(H2,37,44)/t24-,25?,26?,27-,28+,31+,36+/m1/s1. The summed E-state index contributed by atoms with van der Waals surface area (Å²) in [6.07, 6.45) is 3.83. The van der Waals surface area contributed by atoms with Crippen LogP contribution in [0.2, 0.25) is 0 Å². The zero-order valence-corrected chi connectivity index (χ0v) is 26.5. The van der Waals surface area contributed by atoms with Gasteiger partial charge in [-0.1, -0.05) is 67.3 Å². The Bertz CT molecular complexity index is 1720. The zero-order chi connectivity index (χ0) is 33.9. The molecule has 0 heterocycles. The molecule has 4 N–H and O–H groups in total. The minimum absolute atomic E-state index is 0.185. The number of hydrogen-bond acceptors (Lipinski definition) is 10. The van der Waals surface area contributed by atoms with E-state index in [9.17, 15) is 39.0 Å². The number of primary amides is 1. The van der Waals surface area contributed by atoms with Crippen LogP contribution in [0.5, 0.6) is 5.75 Å². The van der Waals surface area contributed by atoms with Gasteiger partial charge in [0.2, 0.25) is 5.91 Å². The molecule has 7 atom stereocenters. The minimum atomic E-state index is -3.09. The van der Waals surface area contributed by atoms with Crippen LogP contribution in [0, 0.1) is 36.5 Å². The minimum Gasteiger partial charge on any atom is -0.507 e. The molecule has 0 bridgehead atoms. The second kappa shape index (κ2) is 12.0. The molecular formula is C36H38N2O9. The fraction of sp³-hybridized carbons (Fsp3) is 0.444. The fourth-order valence-corrected chi connectivity index (χ4v) is 8.20. The van der Waals surface area contributed by atoms with Gasteiger partial charge in [0.15, 0.2) is 34.7 Å². The Labute approximate surface area is 271 Å². The number of likely N-dealkylation sites (N-methyl/N-ethyl adjacent to an activating group) is 1. The summed E-state index contributed by atoms with van der Waals surface area (Å²) in [7, 11) is 2.96. The molecule has 0 aliphatic heterocycles. The normalized spacial score (nSPS) is 31.7. The van der Waals surface area contributed by atoms with Crippen LogP contribution in [-0.4, -0.2) is 82.0 Å². The Hall–Kier alpha value is -4.48. The first-order chi connectivity index (χ1) is 22.3. The van der Waals surface area contributed by atoms with Crippen LogP contribution >= 0.6 is 0 Å². The molecule has 6 rings (SSSR count). The van der Waals surface area contributed by atoms with Crippen molar-refractivity contribution in [3.8, 4) is 5.75 Å². The van der Waals surface area contributed by atoms with E-state index >= 15 is 0 Å². The lowest BCUT2D eigenvalue weighted by Crippen LogP contribution is -2.77. The number of fused-ring (bicyclic) bond motifs is 3. The van der Waals surface area contributed by atoms with E-state index in [4.69, 9.17) is 10.5 Å². The van der Waals surface area contributed by atoms with E-state index < -0.39 is 88.1 Å². The zero-order valence-electron chi connectivity index (χ0n) is 26.5. The van der Waals surface area contributed by atoms with Crippen LogP contribution < -0.4 is 5.73 Å². The van der Waals surface area contributed by atoms with Crippen molar-refractivity contribution in [3.05, 3.63) is 64.7 Å². The number of nitrogens with two attached hydrogens (primary N) is 1. The van der Waals surface area contributed by atoms with Crippen LogP contribution in [-0.2, 0) is 28.7 Å². The summed E-state index contributed by atoms with van der Waals surface area (Å²) >= 11 is 0. The van der Waals surface area contributed by atoms with E-state index in [-0.39, 0.29) is 5.56 Å². The van der Waals surface area contributed by atoms with Gasteiger partial charge >= 0.3 is 5.97 Å². The number of hydrogen-bond donors (Lipinski definition) is 3. The van der Waals surface area contributed by atoms with E-state index in [1.54, 1.807) is 18.2 Å². The van der Waals surface area contributed by atoms with Gasteiger partial charge in [-0.2, -0.15) is 0 Å². The maximum atomic E-state index is 14.7. The highest BCUT2D eigenvalue weighted by molar-refractivity contribution is 6.33. The first kappa shape index (κ1) is 32.5. The van der Waals surface area contributed by atoms with Crippen molar-refractivity contribution in [2.24, 2.45) is 35.3 Å². The predicted octanol–water partition coefficient (Wildman–Crippen LogP) is 2.28. The summed E-state index contributed by atoms with van der Waals surface area (Å²) in [4.78, 5) is 84.7. The molecule has 0 aromatic heterocycles. The molecule has 1 amide bonds. The third-order valence-electron chi connectivity index (χ3n) is 10.4. The van der Waals surface area contributed by atoms with Gasteiger partial charge < -0.3 is 20.7 Å². The number of amides is 1. The summed E-state index contributed by atoms with van der Waals surface area (Å²) < 4.78 is 6.28. The fourth-order valence-electron chi connectivity index (χ4n) is 8.20. The number of phenolic OH excluding ortho intramolecular Hbond substituents is 1. The van der Waals surface area contributed by atoms with Gasteiger partial charge in [0.1, 0.15) is 11.9 Å². The van der Waals surface area contributed by atoms with Crippen LogP contribution in [0.1, 0.15) is 59.2 Å². The van der Waals surface area contributed by atoms with Crippen molar-refractivity contribution in [1.29, 1.82) is 0 Å². The molecular weight excluding hydrogens is 604 g/mol. The van der Waals surface area contributed by atoms with Crippen LogP contribution in [0.25, 0.3) is 11.6 Å². The van der Waals surface area contributed by atoms with Gasteiger partial charge in [-0.15, -0.1) is 0 Å². The molecule has 11 nitrogen and oxygen atoms in total. The molecule has 0 radical (unpaired) electrons. The maximum absolute atomic E-state index is 14.7. The second-order valence-corrected chi connectivity index (χ2v) is 13.5. The molecule has 3 saturated carbocycles. The van der Waals surface area contributed by atoms with Gasteiger partial charge in [0, 0.05) is 5.92 Å². The van der Waals surface area contributed by atoms with Gasteiger partial charge in [0.05, 0.1) is 29.4 Å². The number of aliphatic hydroxyl groups is 1. The Morgan fingerprint density at radius 1 is 0.979 bits per heavy atom. The number of ether oxygens (including phenoxy) is 1. The summed E-state index contributed by atoms with van der Waals surface area (Å²) in [5.41, 5.74) is 4.52. The van der Waals surface area contributed by atoms with E-state index in [1.807, 2.05) is 31.2 Å². The Kier molecular flexibility index (Phi) is 8.26. The van der Waals surface area contributed by atoms with E-state index in [0.717, 1.165) is 24.8 Å². The number of ketones is 4. The third kappa shape index (κ3) is 5.03. The molecule has 0 saturated heterocycles. The molecule has 11 heteroatoms. The van der Waals surface area contributed by atoms with E-state index in [1.165, 1.54) is 25.1 Å². The highest BCUT2D eigenvalue weighted by Gasteiger charge is 2.74. The van der Waals surface area contributed by atoms with Crippen molar-refractivity contribution in [3.63, 3.8) is 0 Å². The quantitative estimate of drug-likeness (QED) is 0.323. The summed E-state index contributed by atoms with van der Waals surface area (Å²) in [5.74, 6) is -14.3. The first-order valence-corrected chi connectivity index (χ1v) is 15.9. The molecule has 0 spiro atoms. The van der Waals surface area contributed by atoms with Crippen LogP contribution in [0.3, 0.4) is 0 Å². The van der Waals surface area contributed by atoms with Gasteiger partial charge in [-0.3, -0.25) is 33.7 Å². The monoisotopic (exact) mass is 642 g/mol. The topological polar surface area (TPSA) is 181 Å². The first-order valence-electron chi connectivity index (χ1n) is 15.9. The van der Waals surface area contributed by atoms with Crippen LogP contribution in [0.15, 0.2) is 42.5 Å². The Balaban J connectivity index is 1.64. The van der Waals surface area contributed by atoms with E-state index in [0.29, 0.717) is 29.5 Å². The van der Waals surface area contributed by atoms with Crippen molar-refractivity contribution < 1.29 is 43.7 Å². The number of carbonyl (C=O) groups is 6. The number of aromatic hydroxyl groups is 1. The molecule has 2 unspecified atom stereocenters. The van der Waals surface area contributed by atoms with Crippen LogP contribution in [0.4, 0.5) is 0 Å². The molecule has 47 heavy (non-hydrogen) atoms. The number of benzene rings is 2. The summed E-state index contributed by atoms with van der Waals surface area (Å²) in [6.45, 7) is 1.92. The lowest BCUT2D eigenvalue weighted by atomic mass is 9.50. The number of esters is 1. The van der Waals surface area contributed by atoms with Gasteiger partial charge in [0.25, 0.3) is 0 Å². The molecule has 2 aromatic rings. The van der Waals surface area contributed by atoms with Crippen molar-refractivity contribution in [1.82, 2.24) is 4.90 Å². The van der Waals surface area contributed by atoms with Crippen molar-refractivity contribution >= 4 is 46.7 Å². The number of rotatable bonds is 5. The summed E-state index contributed by atoms with van der Waals surface area (Å²) in [5, 5.41) is 23.3. The van der Waals surface area contributed by atoms with Crippen molar-refractivity contribution in [2.45, 2.75) is 56.8 Å². The third-order valence-corrected chi connectivity index (χ3v) is 10.4. The predicted molar refractivity (Wildman–Crippen MR) is 169 cm³/mol. The SMILES string of the molecule is Cc1ccc(C=C2c3cccc(O)c3C(=O)C3C(=O)[C@]4(O)C(=O)C(C(N)=O)C(=O)[C@@H](N(C)C)[C@@H]4[C@@H](OC(=O)C4CCCCC4)[C@H]23)cc1. The molecule has 4 aliphatic carbocycles. The number of nitrogens with zero attached hydrogens (tertiary/aromatic N) is 1. The highest BCUT2D eigenvalue weighted by atomic mass is 16.5. The Morgan fingerprint density at radius 3 is 2.26 bits per heavy atom. The maximum Gasteiger partial charge on any atom is 0.309 e. The average molecular weight is 643 g/mol. The van der Waals surface area contributed by atoms with E-state index in [2.05, 4.69) is 0 Å². The lowest BCUT2D eigenvalue weighted by Gasteiger charge is -2.56. The lowest BCUT2D eigenvalue weighted by molar-refractivity contribution is -0.202. The number of phenols is 1. The van der Waals surface area contributed by atoms with Crippen molar-refractivity contribution in [2.75, 3.05) is 14.1 Å². The number of aryl methyl sites for hydroxylation is 1.